The van der Waals surface area contributed by atoms with Gasteiger partial charge in [-0.1, -0.05) is 19.1 Å². The molecule has 0 radical (unpaired) electrons. The first-order valence-electron chi connectivity index (χ1n) is 6.55. The summed E-state index contributed by atoms with van der Waals surface area (Å²) < 4.78 is 5.43. The highest BCUT2D eigenvalue weighted by Crippen LogP contribution is 2.42. The van der Waals surface area contributed by atoms with Gasteiger partial charge in [0.1, 0.15) is 5.75 Å². The smallest absolute Gasteiger partial charge is 0.124 e. The molecule has 2 heteroatoms. The summed E-state index contributed by atoms with van der Waals surface area (Å²) in [6.45, 7) is 7.47. The Morgan fingerprint density at radius 1 is 1.29 bits per heavy atom. The second-order valence-electron chi connectivity index (χ2n) is 5.06. The van der Waals surface area contributed by atoms with Crippen LogP contribution in [0.2, 0.25) is 0 Å². The summed E-state index contributed by atoms with van der Waals surface area (Å²) >= 11 is 0. The van der Waals surface area contributed by atoms with E-state index in [0.717, 1.165) is 18.2 Å². The molecule has 0 aromatic heterocycles. The Balaban J connectivity index is 2.30. The molecule has 1 atom stereocenters. The molecule has 0 amide bonds. The molecular weight excluding hydrogens is 210 g/mol. The van der Waals surface area contributed by atoms with Crippen molar-refractivity contribution in [3.8, 4) is 5.75 Å². The Hall–Kier alpha value is -1.02. The standard InChI is InChI=1S/C15H23NO/c1-5-16-14(12-6-7-12)13-8-10(2)15(17-4)11(3)9-13/h8-9,12,14,16H,5-7H2,1-4H3. The van der Waals surface area contributed by atoms with Crippen molar-refractivity contribution in [3.63, 3.8) is 0 Å². The summed E-state index contributed by atoms with van der Waals surface area (Å²) in [6, 6.07) is 5.08. The van der Waals surface area contributed by atoms with E-state index >= 15 is 0 Å². The molecule has 1 aliphatic carbocycles. The van der Waals surface area contributed by atoms with Crippen LogP contribution in [0.1, 0.15) is 42.5 Å². The van der Waals surface area contributed by atoms with Gasteiger partial charge in [0.25, 0.3) is 0 Å². The van der Waals surface area contributed by atoms with Crippen LogP contribution in [-0.4, -0.2) is 13.7 Å². The molecule has 1 unspecified atom stereocenters. The monoisotopic (exact) mass is 233 g/mol. The van der Waals surface area contributed by atoms with E-state index in [-0.39, 0.29) is 0 Å². The molecule has 2 rings (SSSR count). The number of nitrogens with one attached hydrogen (secondary N) is 1. The van der Waals surface area contributed by atoms with E-state index in [0.29, 0.717) is 6.04 Å². The number of aryl methyl sites for hydroxylation is 2. The summed E-state index contributed by atoms with van der Waals surface area (Å²) in [5.74, 6) is 1.86. The predicted octanol–water partition coefficient (Wildman–Crippen LogP) is 3.37. The third kappa shape index (κ3) is 2.63. The second kappa shape index (κ2) is 5.09. The number of hydrogen-bond donors (Lipinski definition) is 1. The molecule has 0 spiro atoms. The van der Waals surface area contributed by atoms with Gasteiger partial charge < -0.3 is 10.1 Å². The van der Waals surface area contributed by atoms with E-state index in [1.165, 1.54) is 29.5 Å². The van der Waals surface area contributed by atoms with Gasteiger partial charge in [0.05, 0.1) is 7.11 Å². The molecule has 94 valence electrons. The fourth-order valence-electron chi connectivity index (χ4n) is 2.69. The van der Waals surface area contributed by atoms with Crippen LogP contribution in [0.5, 0.6) is 5.75 Å². The van der Waals surface area contributed by atoms with Gasteiger partial charge in [-0.15, -0.1) is 0 Å². The first kappa shape index (κ1) is 12.4. The van der Waals surface area contributed by atoms with Gasteiger partial charge in [0, 0.05) is 6.04 Å². The SMILES string of the molecule is CCNC(c1cc(C)c(OC)c(C)c1)C1CC1. The quantitative estimate of drug-likeness (QED) is 0.842. The van der Waals surface area contributed by atoms with Gasteiger partial charge in [0.15, 0.2) is 0 Å². The Labute approximate surface area is 104 Å². The molecule has 0 saturated heterocycles. The third-order valence-electron chi connectivity index (χ3n) is 3.56. The number of hydrogen-bond acceptors (Lipinski definition) is 2. The highest BCUT2D eigenvalue weighted by molar-refractivity contribution is 5.44. The van der Waals surface area contributed by atoms with Crippen molar-refractivity contribution < 1.29 is 4.74 Å². The normalized spacial score (nSPS) is 16.9. The zero-order valence-electron chi connectivity index (χ0n) is 11.3. The van der Waals surface area contributed by atoms with Gasteiger partial charge in [-0.2, -0.15) is 0 Å². The maximum Gasteiger partial charge on any atom is 0.124 e. The highest BCUT2D eigenvalue weighted by atomic mass is 16.5. The van der Waals surface area contributed by atoms with E-state index in [4.69, 9.17) is 4.74 Å². The van der Waals surface area contributed by atoms with Gasteiger partial charge >= 0.3 is 0 Å². The minimum absolute atomic E-state index is 0.531. The van der Waals surface area contributed by atoms with Gasteiger partial charge in [0.2, 0.25) is 0 Å². The van der Waals surface area contributed by atoms with E-state index in [2.05, 4.69) is 38.2 Å². The fraction of sp³-hybridized carbons (Fsp3) is 0.600. The average Bonchev–Trinajstić information content (AvgIpc) is 3.09. The average molecular weight is 233 g/mol. The maximum atomic E-state index is 5.43. The Morgan fingerprint density at radius 2 is 1.88 bits per heavy atom. The molecule has 17 heavy (non-hydrogen) atoms. The Morgan fingerprint density at radius 3 is 2.29 bits per heavy atom. The molecule has 1 saturated carbocycles. The van der Waals surface area contributed by atoms with E-state index in [1.54, 1.807) is 7.11 Å². The van der Waals surface area contributed by atoms with Crippen LogP contribution in [0.25, 0.3) is 0 Å². The van der Waals surface area contributed by atoms with Crippen molar-refractivity contribution in [2.45, 2.75) is 39.7 Å². The van der Waals surface area contributed by atoms with Gasteiger partial charge in [-0.3, -0.25) is 0 Å². The lowest BCUT2D eigenvalue weighted by molar-refractivity contribution is 0.407. The van der Waals surface area contributed by atoms with Gasteiger partial charge in [-0.25, -0.2) is 0 Å². The number of methoxy groups -OCH3 is 1. The molecule has 0 bridgehead atoms. The molecule has 1 N–H and O–H groups in total. The summed E-state index contributed by atoms with van der Waals surface area (Å²) in [5.41, 5.74) is 3.90. The van der Waals surface area contributed by atoms with Crippen molar-refractivity contribution in [2.24, 2.45) is 5.92 Å². The molecule has 2 nitrogen and oxygen atoms in total. The van der Waals surface area contributed by atoms with Crippen molar-refractivity contribution in [2.75, 3.05) is 13.7 Å². The lowest BCUT2D eigenvalue weighted by Crippen LogP contribution is -2.22. The van der Waals surface area contributed by atoms with E-state index in [9.17, 15) is 0 Å². The van der Waals surface area contributed by atoms with E-state index < -0.39 is 0 Å². The molecule has 1 aliphatic rings. The Bertz CT molecular complexity index is 373. The molecule has 1 fully saturated rings. The van der Waals surface area contributed by atoms with Gasteiger partial charge in [-0.05, 0) is 55.8 Å². The van der Waals surface area contributed by atoms with Crippen LogP contribution in [0.3, 0.4) is 0 Å². The van der Waals surface area contributed by atoms with E-state index in [1.807, 2.05) is 0 Å². The number of benzene rings is 1. The highest BCUT2D eigenvalue weighted by Gasteiger charge is 2.32. The van der Waals surface area contributed by atoms with Crippen LogP contribution >= 0.6 is 0 Å². The minimum atomic E-state index is 0.531. The van der Waals surface area contributed by atoms with Crippen LogP contribution in [-0.2, 0) is 0 Å². The number of ether oxygens (including phenoxy) is 1. The summed E-state index contributed by atoms with van der Waals surface area (Å²) in [5, 5.41) is 3.61. The molecule has 0 heterocycles. The molecule has 1 aromatic rings. The summed E-state index contributed by atoms with van der Waals surface area (Å²) in [6.07, 6.45) is 2.73. The number of rotatable bonds is 5. The summed E-state index contributed by atoms with van der Waals surface area (Å²) in [4.78, 5) is 0. The third-order valence-corrected chi connectivity index (χ3v) is 3.56. The topological polar surface area (TPSA) is 21.3 Å². The van der Waals surface area contributed by atoms with Crippen molar-refractivity contribution in [1.82, 2.24) is 5.32 Å². The first-order valence-corrected chi connectivity index (χ1v) is 6.55. The molecule has 0 aliphatic heterocycles. The minimum Gasteiger partial charge on any atom is -0.496 e. The van der Waals surface area contributed by atoms with Crippen LogP contribution in [0, 0.1) is 19.8 Å². The zero-order chi connectivity index (χ0) is 12.4. The summed E-state index contributed by atoms with van der Waals surface area (Å²) in [7, 11) is 1.75. The lowest BCUT2D eigenvalue weighted by atomic mass is 9.97. The zero-order valence-corrected chi connectivity index (χ0v) is 11.3. The predicted molar refractivity (Wildman–Crippen MR) is 71.6 cm³/mol. The van der Waals surface area contributed by atoms with Crippen LogP contribution < -0.4 is 10.1 Å². The lowest BCUT2D eigenvalue weighted by Gasteiger charge is -2.20. The van der Waals surface area contributed by atoms with Crippen molar-refractivity contribution >= 4 is 0 Å². The van der Waals surface area contributed by atoms with Crippen molar-refractivity contribution in [1.29, 1.82) is 0 Å². The fourth-order valence-corrected chi connectivity index (χ4v) is 2.69. The maximum absolute atomic E-state index is 5.43. The Kier molecular flexibility index (Phi) is 3.72. The van der Waals surface area contributed by atoms with Crippen LogP contribution in [0.15, 0.2) is 12.1 Å². The molecular formula is C15H23NO. The van der Waals surface area contributed by atoms with Crippen molar-refractivity contribution in [3.05, 3.63) is 28.8 Å². The van der Waals surface area contributed by atoms with Crippen LogP contribution in [0.4, 0.5) is 0 Å². The first-order chi connectivity index (χ1) is 8.17. The largest absolute Gasteiger partial charge is 0.496 e. The molecule has 1 aromatic carbocycles. The second-order valence-corrected chi connectivity index (χ2v) is 5.06.